The second kappa shape index (κ2) is 11.5. The van der Waals surface area contributed by atoms with Crippen molar-refractivity contribution in [2.24, 2.45) is 0 Å². The average Bonchev–Trinajstić information content (AvgIpc) is 3.98. The molecule has 4 aromatic heterocycles. The van der Waals surface area contributed by atoms with Gasteiger partial charge in [-0.05, 0) is 65.2 Å². The Kier molecular flexibility index (Phi) is 6.36. The maximum Gasteiger partial charge on any atom is 0.235 e. The normalized spacial score (nSPS) is 13.5. The number of hydrogen-bond donors (Lipinski definition) is 0. The second-order valence-corrected chi connectivity index (χ2v) is 17.2. The Bertz CT molecular complexity index is 3710. The Morgan fingerprint density at radius 2 is 1.14 bits per heavy atom. The van der Waals surface area contributed by atoms with Gasteiger partial charge in [0, 0.05) is 69.3 Å². The van der Waals surface area contributed by atoms with Gasteiger partial charge in [0.25, 0.3) is 0 Å². The van der Waals surface area contributed by atoms with Crippen LogP contribution in [0.4, 0.5) is 0 Å². The van der Waals surface area contributed by atoms with E-state index in [4.69, 9.17) is 9.97 Å². The number of benzene rings is 8. The van der Waals surface area contributed by atoms with Crippen LogP contribution in [0.1, 0.15) is 25.0 Å². The molecule has 0 atom stereocenters. The largest absolute Gasteiger partial charge is 0.309 e. The SMILES string of the molecule is CC1(C)c2ccccc2-c2c1c1c3ccccc3n(-c3ccccc3)c1c1c3ccccc3n(-c3nc(-c4ccc5sc6ccccc6c5c4)c4ccccc4n3)c21. The first-order valence-corrected chi connectivity index (χ1v) is 20.7. The Morgan fingerprint density at radius 3 is 1.97 bits per heavy atom. The Balaban J connectivity index is 1.24. The van der Waals surface area contributed by atoms with E-state index in [0.717, 1.165) is 38.9 Å². The van der Waals surface area contributed by atoms with Gasteiger partial charge >= 0.3 is 0 Å². The van der Waals surface area contributed by atoms with Gasteiger partial charge in [0.15, 0.2) is 0 Å². The molecule has 0 fully saturated rings. The Hall–Kier alpha value is -7.08. The zero-order valence-corrected chi connectivity index (χ0v) is 32.7. The van der Waals surface area contributed by atoms with Crippen LogP contribution in [-0.2, 0) is 5.41 Å². The van der Waals surface area contributed by atoms with E-state index >= 15 is 0 Å². The Labute approximate surface area is 337 Å². The van der Waals surface area contributed by atoms with Crippen LogP contribution >= 0.6 is 11.3 Å². The summed E-state index contributed by atoms with van der Waals surface area (Å²) >= 11 is 1.84. The molecule has 4 nitrogen and oxygen atoms in total. The molecule has 0 saturated carbocycles. The second-order valence-electron chi connectivity index (χ2n) is 16.1. The molecule has 4 heterocycles. The van der Waals surface area contributed by atoms with Crippen molar-refractivity contribution >= 4 is 86.0 Å². The number of thiophene rings is 1. The smallest absolute Gasteiger partial charge is 0.235 e. The highest BCUT2D eigenvalue weighted by Crippen LogP contribution is 2.58. The van der Waals surface area contributed by atoms with Crippen LogP contribution in [0.15, 0.2) is 170 Å². The van der Waals surface area contributed by atoms with E-state index in [-0.39, 0.29) is 5.41 Å². The molecule has 1 aliphatic carbocycles. The minimum absolute atomic E-state index is 0.278. The molecular formula is C53H34N4S. The lowest BCUT2D eigenvalue weighted by Gasteiger charge is -2.23. The predicted octanol–water partition coefficient (Wildman–Crippen LogP) is 14.2. The summed E-state index contributed by atoms with van der Waals surface area (Å²) in [6.45, 7) is 4.80. The van der Waals surface area contributed by atoms with Crippen molar-refractivity contribution < 1.29 is 0 Å². The molecular weight excluding hydrogens is 725 g/mol. The van der Waals surface area contributed by atoms with Gasteiger partial charge in [-0.3, -0.25) is 4.57 Å². The fourth-order valence-corrected chi connectivity index (χ4v) is 11.4. The summed E-state index contributed by atoms with van der Waals surface area (Å²) in [5.41, 5.74) is 13.6. The molecule has 13 rings (SSSR count). The monoisotopic (exact) mass is 758 g/mol. The van der Waals surface area contributed by atoms with Gasteiger partial charge in [0.1, 0.15) is 0 Å². The summed E-state index contributed by atoms with van der Waals surface area (Å²) in [6, 6.07) is 61.7. The number of rotatable bonds is 3. The third-order valence-corrected chi connectivity index (χ3v) is 13.8. The van der Waals surface area contributed by atoms with Crippen LogP contribution < -0.4 is 0 Å². The first kappa shape index (κ1) is 32.1. The number of para-hydroxylation sites is 4. The lowest BCUT2D eigenvalue weighted by atomic mass is 9.80. The summed E-state index contributed by atoms with van der Waals surface area (Å²) in [5, 5.41) is 8.53. The fourth-order valence-electron chi connectivity index (χ4n) is 10.3. The quantitative estimate of drug-likeness (QED) is 0.180. The third kappa shape index (κ3) is 4.13. The van der Waals surface area contributed by atoms with Gasteiger partial charge in [0.2, 0.25) is 5.95 Å². The fraction of sp³-hybridized carbons (Fsp3) is 0.0566. The van der Waals surface area contributed by atoms with Crippen LogP contribution in [0.25, 0.3) is 109 Å². The zero-order chi connectivity index (χ0) is 38.3. The van der Waals surface area contributed by atoms with E-state index in [9.17, 15) is 0 Å². The number of hydrogen-bond acceptors (Lipinski definition) is 3. The average molecular weight is 759 g/mol. The molecule has 272 valence electrons. The van der Waals surface area contributed by atoms with Crippen LogP contribution in [0.3, 0.4) is 0 Å². The minimum Gasteiger partial charge on any atom is -0.309 e. The van der Waals surface area contributed by atoms with Crippen molar-refractivity contribution in [2.45, 2.75) is 19.3 Å². The van der Waals surface area contributed by atoms with Gasteiger partial charge in [-0.25, -0.2) is 9.97 Å². The van der Waals surface area contributed by atoms with Crippen molar-refractivity contribution in [1.29, 1.82) is 0 Å². The number of aromatic nitrogens is 4. The zero-order valence-electron chi connectivity index (χ0n) is 31.9. The van der Waals surface area contributed by atoms with Gasteiger partial charge in [-0.15, -0.1) is 11.3 Å². The maximum atomic E-state index is 5.65. The van der Waals surface area contributed by atoms with Crippen LogP contribution in [0, 0.1) is 0 Å². The summed E-state index contributed by atoms with van der Waals surface area (Å²) in [7, 11) is 0. The van der Waals surface area contributed by atoms with Gasteiger partial charge in [0.05, 0.1) is 33.3 Å². The molecule has 5 heteroatoms. The summed E-state index contributed by atoms with van der Waals surface area (Å²) in [6.07, 6.45) is 0. The van der Waals surface area contributed by atoms with Crippen molar-refractivity contribution in [3.05, 3.63) is 181 Å². The molecule has 0 aliphatic heterocycles. The molecule has 0 spiro atoms. The minimum atomic E-state index is -0.278. The predicted molar refractivity (Wildman–Crippen MR) is 244 cm³/mol. The van der Waals surface area contributed by atoms with E-state index in [0.29, 0.717) is 5.95 Å². The van der Waals surface area contributed by atoms with E-state index in [1.165, 1.54) is 75.0 Å². The van der Waals surface area contributed by atoms with Crippen molar-refractivity contribution in [1.82, 2.24) is 19.1 Å². The van der Waals surface area contributed by atoms with Crippen molar-refractivity contribution in [3.8, 4) is 34.0 Å². The Morgan fingerprint density at radius 1 is 0.500 bits per heavy atom. The topological polar surface area (TPSA) is 35.6 Å². The van der Waals surface area contributed by atoms with Crippen LogP contribution in [-0.4, -0.2) is 19.1 Å². The summed E-state index contributed by atoms with van der Waals surface area (Å²) in [4.78, 5) is 11.1. The first-order chi connectivity index (χ1) is 28.6. The molecule has 0 radical (unpaired) electrons. The standard InChI is InChI=1S/C53H34N4S/c1-53(2)39-23-11-6-19-34(39)45-48(53)46-36-21-8-13-25-41(36)56(32-16-4-3-5-17-32)50(46)47-37-22-9-14-26-42(37)57(51(45)47)52-54-40-24-12-7-20-35(40)49(55-52)31-28-29-44-38(30-31)33-18-10-15-27-43(33)58-44/h3-30H,1-2H3. The highest BCUT2D eigenvalue weighted by Gasteiger charge is 2.41. The van der Waals surface area contributed by atoms with Gasteiger partial charge in [-0.1, -0.05) is 135 Å². The summed E-state index contributed by atoms with van der Waals surface area (Å²) in [5.74, 6) is 0.668. The molecule has 58 heavy (non-hydrogen) atoms. The molecule has 0 unspecified atom stereocenters. The van der Waals surface area contributed by atoms with E-state index < -0.39 is 0 Å². The van der Waals surface area contributed by atoms with Crippen molar-refractivity contribution in [3.63, 3.8) is 0 Å². The molecule has 0 amide bonds. The summed E-state index contributed by atoms with van der Waals surface area (Å²) < 4.78 is 7.45. The van der Waals surface area contributed by atoms with Crippen molar-refractivity contribution in [2.75, 3.05) is 0 Å². The van der Waals surface area contributed by atoms with Crippen LogP contribution in [0.2, 0.25) is 0 Å². The maximum absolute atomic E-state index is 5.65. The lowest BCUT2D eigenvalue weighted by Crippen LogP contribution is -2.15. The van der Waals surface area contributed by atoms with Gasteiger partial charge in [-0.2, -0.15) is 0 Å². The molecule has 1 aliphatic rings. The molecule has 0 saturated heterocycles. The number of fused-ring (bicyclic) bond motifs is 16. The molecule has 12 aromatic rings. The molecule has 8 aromatic carbocycles. The molecule has 0 N–H and O–H groups in total. The van der Waals surface area contributed by atoms with E-state index in [2.05, 4.69) is 193 Å². The highest BCUT2D eigenvalue weighted by atomic mass is 32.1. The van der Waals surface area contributed by atoms with Crippen LogP contribution in [0.5, 0.6) is 0 Å². The first-order valence-electron chi connectivity index (χ1n) is 19.9. The number of nitrogens with zero attached hydrogens (tertiary/aromatic N) is 4. The van der Waals surface area contributed by atoms with E-state index in [1.807, 2.05) is 11.3 Å². The highest BCUT2D eigenvalue weighted by molar-refractivity contribution is 7.25. The van der Waals surface area contributed by atoms with Gasteiger partial charge < -0.3 is 4.57 Å². The third-order valence-electron chi connectivity index (χ3n) is 12.7. The lowest BCUT2D eigenvalue weighted by molar-refractivity contribution is 0.667. The molecule has 0 bridgehead atoms. The van der Waals surface area contributed by atoms with E-state index in [1.54, 1.807) is 0 Å².